The van der Waals surface area contributed by atoms with Gasteiger partial charge in [0.25, 0.3) is 5.91 Å². The molecule has 1 saturated heterocycles. The third kappa shape index (κ3) is 5.19. The monoisotopic (exact) mass is 627 g/mol. The minimum Gasteiger partial charge on any atom is -0.497 e. The maximum atomic E-state index is 14.9. The normalized spacial score (nSPS) is 18.6. The molecule has 1 atom stereocenters. The average molecular weight is 628 g/mol. The van der Waals surface area contributed by atoms with E-state index in [0.717, 1.165) is 23.3 Å². The molecule has 3 heterocycles. The predicted octanol–water partition coefficient (Wildman–Crippen LogP) is 6.24. The van der Waals surface area contributed by atoms with E-state index in [-0.39, 0.29) is 53.2 Å². The molecule has 0 saturated carbocycles. The van der Waals surface area contributed by atoms with Crippen molar-refractivity contribution in [1.29, 1.82) is 0 Å². The lowest BCUT2D eigenvalue weighted by Crippen LogP contribution is -2.38. The van der Waals surface area contributed by atoms with Crippen LogP contribution in [-0.2, 0) is 23.3 Å². The Labute approximate surface area is 266 Å². The van der Waals surface area contributed by atoms with Gasteiger partial charge in [0.15, 0.2) is 5.82 Å². The number of hydrogen-bond donors (Lipinski definition) is 1. The number of carbonyl (C=O) groups is 2. The average Bonchev–Trinajstić information content (AvgIpc) is 3.42. The molecule has 0 spiro atoms. The first-order chi connectivity index (χ1) is 21.9. The van der Waals surface area contributed by atoms with Gasteiger partial charge in [-0.15, -0.1) is 0 Å². The number of rotatable bonds is 8. The second-order valence-corrected chi connectivity index (χ2v) is 12.5. The van der Waals surface area contributed by atoms with Crippen LogP contribution in [0.15, 0.2) is 60.7 Å². The number of fused-ring (bicyclic) bond motifs is 1. The van der Waals surface area contributed by atoms with Crippen molar-refractivity contribution in [2.24, 2.45) is 0 Å². The second kappa shape index (κ2) is 11.4. The van der Waals surface area contributed by atoms with Gasteiger partial charge >= 0.3 is 0 Å². The van der Waals surface area contributed by atoms with Crippen molar-refractivity contribution >= 4 is 23.3 Å². The van der Waals surface area contributed by atoms with Crippen LogP contribution >= 0.6 is 0 Å². The van der Waals surface area contributed by atoms with Crippen LogP contribution in [0, 0.1) is 11.6 Å². The number of nitrogens with zero attached hydrogens (tertiary/aromatic N) is 4. The maximum Gasteiger partial charge on any atom is 0.260 e. The summed E-state index contributed by atoms with van der Waals surface area (Å²) in [6.07, 6.45) is 0.655. The van der Waals surface area contributed by atoms with Crippen LogP contribution in [0.5, 0.6) is 11.5 Å². The van der Waals surface area contributed by atoms with Gasteiger partial charge in [0.05, 0.1) is 44.0 Å². The minimum atomic E-state index is -0.818. The molecule has 3 aromatic carbocycles. The maximum absolute atomic E-state index is 14.9. The lowest BCUT2D eigenvalue weighted by molar-refractivity contribution is -0.132. The molecule has 6 rings (SSSR count). The highest BCUT2D eigenvalue weighted by molar-refractivity contribution is 6.03. The van der Waals surface area contributed by atoms with Crippen LogP contribution in [0.25, 0.3) is 11.4 Å². The van der Waals surface area contributed by atoms with Gasteiger partial charge in [-0.1, -0.05) is 18.2 Å². The van der Waals surface area contributed by atoms with E-state index in [1.165, 1.54) is 13.2 Å². The predicted molar refractivity (Wildman–Crippen MR) is 169 cm³/mol. The summed E-state index contributed by atoms with van der Waals surface area (Å²) in [5.41, 5.74) is 1.36. The number of benzene rings is 3. The summed E-state index contributed by atoms with van der Waals surface area (Å²) in [5, 5.41) is 3.19. The largest absolute Gasteiger partial charge is 0.497 e. The lowest BCUT2D eigenvalue weighted by Gasteiger charge is -2.26. The van der Waals surface area contributed by atoms with E-state index in [1.54, 1.807) is 41.2 Å². The van der Waals surface area contributed by atoms with Gasteiger partial charge in [0.2, 0.25) is 5.91 Å². The number of likely N-dealkylation sites (tertiary alicyclic amines) is 1. The van der Waals surface area contributed by atoms with E-state index in [1.807, 2.05) is 46.0 Å². The van der Waals surface area contributed by atoms with Crippen LogP contribution in [-0.4, -0.2) is 58.4 Å². The molecule has 2 aliphatic heterocycles. The number of ether oxygens (including phenoxy) is 2. The number of hydrogen-bond acceptors (Lipinski definition) is 7. The molecule has 0 radical (unpaired) electrons. The molecular weight excluding hydrogens is 592 g/mol. The van der Waals surface area contributed by atoms with Gasteiger partial charge < -0.3 is 24.6 Å². The smallest absolute Gasteiger partial charge is 0.260 e. The van der Waals surface area contributed by atoms with Gasteiger partial charge in [0, 0.05) is 29.9 Å². The van der Waals surface area contributed by atoms with E-state index in [0.29, 0.717) is 29.3 Å². The Hall–Kier alpha value is -5.06. The summed E-state index contributed by atoms with van der Waals surface area (Å²) in [6, 6.07) is 16.2. The molecule has 1 unspecified atom stereocenters. The van der Waals surface area contributed by atoms with Gasteiger partial charge in [-0.25, -0.2) is 18.7 Å². The van der Waals surface area contributed by atoms with Crippen molar-refractivity contribution in [2.45, 2.75) is 51.2 Å². The summed E-state index contributed by atoms with van der Waals surface area (Å²) >= 11 is 0. The first kappa shape index (κ1) is 30.9. The van der Waals surface area contributed by atoms with E-state index in [9.17, 15) is 18.4 Å². The van der Waals surface area contributed by atoms with Crippen LogP contribution < -0.4 is 14.8 Å². The number of anilines is 2. The van der Waals surface area contributed by atoms with Gasteiger partial charge in [-0.05, 0) is 69.2 Å². The number of likely N-dealkylation sites (N-methyl/N-ethyl adjacent to an activating group) is 1. The Balaban J connectivity index is 1.37. The molecule has 9 nitrogen and oxygen atoms in total. The Morgan fingerprint density at radius 1 is 0.913 bits per heavy atom. The van der Waals surface area contributed by atoms with Crippen LogP contribution in [0.2, 0.25) is 0 Å². The first-order valence-corrected chi connectivity index (χ1v) is 14.9. The lowest BCUT2D eigenvalue weighted by atomic mass is 9.77. The van der Waals surface area contributed by atoms with Crippen LogP contribution in [0.4, 0.5) is 20.3 Å². The Morgan fingerprint density at radius 3 is 2.22 bits per heavy atom. The number of amides is 2. The number of carbonyl (C=O) groups excluding carboxylic acids is 2. The third-order valence-electron chi connectivity index (χ3n) is 9.12. The molecule has 4 aromatic rings. The standard InChI is InChI=1S/C35H35F2N5O4/c1-34(2)19-35(3,33(44)41(34)4)21-11-13-22(14-12-21)38-31-29-26(39-30(40-31)28-24(36)8-7-9-25(28)37)18-42(32(29)43)17-20-10-15-23(45-5)16-27(20)46-6/h7-16H,17-19H2,1-6H3,(H,38,39,40). The van der Waals surface area contributed by atoms with Crippen molar-refractivity contribution in [3.8, 4) is 22.9 Å². The SMILES string of the molecule is COc1ccc(CN2Cc3nc(-c4c(F)cccc4F)nc(Nc4ccc(C5(C)CC(C)(C)N(C)C5=O)cc4)c3C2=O)c(OC)c1. The zero-order chi connectivity index (χ0) is 33.0. The van der Waals surface area contributed by atoms with Crippen LogP contribution in [0.1, 0.15) is 54.4 Å². The van der Waals surface area contributed by atoms with Crippen molar-refractivity contribution in [3.63, 3.8) is 0 Å². The molecule has 1 N–H and O–H groups in total. The fraction of sp³-hybridized carbons (Fsp3) is 0.314. The summed E-state index contributed by atoms with van der Waals surface area (Å²) in [7, 11) is 4.91. The number of halogens is 2. The third-order valence-corrected chi connectivity index (χ3v) is 9.12. The zero-order valence-electron chi connectivity index (χ0n) is 26.6. The Kier molecular flexibility index (Phi) is 7.66. The van der Waals surface area contributed by atoms with E-state index in [2.05, 4.69) is 15.3 Å². The highest BCUT2D eigenvalue weighted by atomic mass is 19.1. The van der Waals surface area contributed by atoms with Gasteiger partial charge in [-0.3, -0.25) is 9.59 Å². The first-order valence-electron chi connectivity index (χ1n) is 14.9. The number of nitrogens with one attached hydrogen (secondary N) is 1. The fourth-order valence-corrected chi connectivity index (χ4v) is 6.47. The highest BCUT2D eigenvalue weighted by Gasteiger charge is 2.51. The molecule has 2 amide bonds. The molecule has 1 aromatic heterocycles. The molecule has 238 valence electrons. The van der Waals surface area contributed by atoms with E-state index in [4.69, 9.17) is 9.47 Å². The molecular formula is C35H35F2N5O4. The quantitative estimate of drug-likeness (QED) is 0.247. The fourth-order valence-electron chi connectivity index (χ4n) is 6.47. The minimum absolute atomic E-state index is 0.0440. The van der Waals surface area contributed by atoms with Crippen molar-refractivity contribution in [1.82, 2.24) is 19.8 Å². The van der Waals surface area contributed by atoms with Gasteiger partial charge in [0.1, 0.15) is 34.5 Å². The molecule has 0 bridgehead atoms. The van der Waals surface area contributed by atoms with Crippen molar-refractivity contribution in [3.05, 3.63) is 94.7 Å². The zero-order valence-corrected chi connectivity index (χ0v) is 26.6. The van der Waals surface area contributed by atoms with E-state index < -0.39 is 17.0 Å². The molecule has 0 aliphatic carbocycles. The summed E-state index contributed by atoms with van der Waals surface area (Å²) in [6.45, 7) is 6.32. The van der Waals surface area contributed by atoms with Crippen molar-refractivity contribution < 1.29 is 27.8 Å². The summed E-state index contributed by atoms with van der Waals surface area (Å²) in [5.74, 6) is -0.842. The van der Waals surface area contributed by atoms with Gasteiger partial charge in [-0.2, -0.15) is 0 Å². The molecule has 1 fully saturated rings. The number of methoxy groups -OCH3 is 2. The van der Waals surface area contributed by atoms with E-state index >= 15 is 0 Å². The van der Waals surface area contributed by atoms with Crippen LogP contribution in [0.3, 0.4) is 0 Å². The summed E-state index contributed by atoms with van der Waals surface area (Å²) in [4.78, 5) is 39.4. The molecule has 2 aliphatic rings. The topological polar surface area (TPSA) is 96.9 Å². The Bertz CT molecular complexity index is 1840. The Morgan fingerprint density at radius 2 is 1.61 bits per heavy atom. The summed E-state index contributed by atoms with van der Waals surface area (Å²) < 4.78 is 40.6. The molecule has 11 heteroatoms. The van der Waals surface area contributed by atoms with Crippen molar-refractivity contribution in [2.75, 3.05) is 26.6 Å². The number of aromatic nitrogens is 2. The highest BCUT2D eigenvalue weighted by Crippen LogP contribution is 2.44. The second-order valence-electron chi connectivity index (χ2n) is 12.5. The molecule has 46 heavy (non-hydrogen) atoms.